The first-order chi connectivity index (χ1) is 8.58. The molecule has 0 radical (unpaired) electrons. The Morgan fingerprint density at radius 2 is 2.17 bits per heavy atom. The van der Waals surface area contributed by atoms with E-state index in [2.05, 4.69) is 10.4 Å². The molecule has 96 valence electrons. The molecular weight excluding hydrogens is 233 g/mol. The number of phenols is 1. The van der Waals surface area contributed by atoms with E-state index in [9.17, 15) is 4.39 Å². The molecule has 2 aromatic rings. The minimum atomic E-state index is -0.591. The number of aromatic nitrogens is 2. The third-order valence-corrected chi connectivity index (χ3v) is 2.99. The lowest BCUT2D eigenvalue weighted by Crippen LogP contribution is -2.13. The van der Waals surface area contributed by atoms with Gasteiger partial charge in [0.15, 0.2) is 11.6 Å². The van der Waals surface area contributed by atoms with E-state index in [4.69, 9.17) is 5.11 Å². The van der Waals surface area contributed by atoms with Crippen LogP contribution in [0.15, 0.2) is 24.4 Å². The van der Waals surface area contributed by atoms with E-state index in [1.54, 1.807) is 6.07 Å². The van der Waals surface area contributed by atoms with Crippen LogP contribution < -0.4 is 5.32 Å². The molecule has 0 amide bonds. The van der Waals surface area contributed by atoms with Crippen molar-refractivity contribution in [3.63, 3.8) is 0 Å². The highest BCUT2D eigenvalue weighted by molar-refractivity contribution is 5.28. The molecule has 0 aliphatic carbocycles. The van der Waals surface area contributed by atoms with Gasteiger partial charge in [0.05, 0.1) is 6.20 Å². The largest absolute Gasteiger partial charge is 0.505 e. The molecule has 0 saturated carbocycles. The molecule has 1 aromatic heterocycles. The van der Waals surface area contributed by atoms with Crippen molar-refractivity contribution < 1.29 is 9.50 Å². The highest BCUT2D eigenvalue weighted by atomic mass is 19.1. The van der Waals surface area contributed by atoms with Crippen molar-refractivity contribution in [3.8, 4) is 5.75 Å². The van der Waals surface area contributed by atoms with Crippen LogP contribution in [0.1, 0.15) is 16.8 Å². The summed E-state index contributed by atoms with van der Waals surface area (Å²) in [4.78, 5) is 0. The molecule has 2 N–H and O–H groups in total. The third kappa shape index (κ3) is 2.68. The Kier molecular flexibility index (Phi) is 3.62. The second kappa shape index (κ2) is 5.18. The maximum Gasteiger partial charge on any atom is 0.165 e. The lowest BCUT2D eigenvalue weighted by molar-refractivity contribution is 0.431. The zero-order chi connectivity index (χ0) is 13.1. The fourth-order valence-corrected chi connectivity index (χ4v) is 1.72. The van der Waals surface area contributed by atoms with Crippen LogP contribution in [0.3, 0.4) is 0 Å². The SMILES string of the molecule is Cc1c(CNCc2ccc(O)c(F)c2)cnn1C. The van der Waals surface area contributed by atoms with Crippen LogP contribution in [0, 0.1) is 12.7 Å². The van der Waals surface area contributed by atoms with Gasteiger partial charge in [-0.2, -0.15) is 5.10 Å². The van der Waals surface area contributed by atoms with Crippen LogP contribution in [0.25, 0.3) is 0 Å². The summed E-state index contributed by atoms with van der Waals surface area (Å²) in [5.74, 6) is -0.909. The first kappa shape index (κ1) is 12.6. The predicted molar refractivity (Wildman–Crippen MR) is 66.6 cm³/mol. The Morgan fingerprint density at radius 3 is 2.78 bits per heavy atom. The van der Waals surface area contributed by atoms with Crippen molar-refractivity contribution in [2.75, 3.05) is 0 Å². The Labute approximate surface area is 105 Å². The summed E-state index contributed by atoms with van der Waals surface area (Å²) in [7, 11) is 1.90. The van der Waals surface area contributed by atoms with E-state index in [1.807, 2.05) is 24.9 Å². The fraction of sp³-hybridized carbons (Fsp3) is 0.308. The van der Waals surface area contributed by atoms with Gasteiger partial charge >= 0.3 is 0 Å². The lowest BCUT2D eigenvalue weighted by Gasteiger charge is -2.05. The normalized spacial score (nSPS) is 10.8. The summed E-state index contributed by atoms with van der Waals surface area (Å²) in [6, 6.07) is 4.39. The minimum absolute atomic E-state index is 0.318. The highest BCUT2D eigenvalue weighted by Crippen LogP contribution is 2.16. The molecule has 0 spiro atoms. The summed E-state index contributed by atoms with van der Waals surface area (Å²) in [6.07, 6.45) is 1.82. The van der Waals surface area contributed by atoms with Crippen LogP contribution in [0.4, 0.5) is 4.39 Å². The van der Waals surface area contributed by atoms with Gasteiger partial charge in [-0.15, -0.1) is 0 Å². The summed E-state index contributed by atoms with van der Waals surface area (Å²) in [6.45, 7) is 3.23. The van der Waals surface area contributed by atoms with Gasteiger partial charge in [-0.3, -0.25) is 4.68 Å². The predicted octanol–water partition coefficient (Wildman–Crippen LogP) is 1.86. The van der Waals surface area contributed by atoms with Crippen molar-refractivity contribution in [2.24, 2.45) is 7.05 Å². The Morgan fingerprint density at radius 1 is 1.39 bits per heavy atom. The lowest BCUT2D eigenvalue weighted by atomic mass is 10.2. The van der Waals surface area contributed by atoms with Gasteiger partial charge in [-0.1, -0.05) is 6.07 Å². The average Bonchev–Trinajstić information content (AvgIpc) is 2.66. The van der Waals surface area contributed by atoms with Gasteiger partial charge < -0.3 is 10.4 Å². The molecule has 1 heterocycles. The van der Waals surface area contributed by atoms with Gasteiger partial charge in [0, 0.05) is 31.4 Å². The molecule has 0 atom stereocenters. The molecule has 1 aromatic carbocycles. The Bertz CT molecular complexity index is 551. The summed E-state index contributed by atoms with van der Waals surface area (Å²) in [5.41, 5.74) is 3.03. The van der Waals surface area contributed by atoms with E-state index in [0.29, 0.717) is 13.1 Å². The molecule has 0 saturated heterocycles. The van der Waals surface area contributed by atoms with E-state index in [-0.39, 0.29) is 5.75 Å². The Balaban J connectivity index is 1.92. The van der Waals surface area contributed by atoms with Gasteiger partial charge in [-0.05, 0) is 24.6 Å². The van der Waals surface area contributed by atoms with E-state index in [1.165, 1.54) is 12.1 Å². The number of nitrogens with zero attached hydrogens (tertiary/aromatic N) is 2. The van der Waals surface area contributed by atoms with Crippen molar-refractivity contribution in [2.45, 2.75) is 20.0 Å². The van der Waals surface area contributed by atoms with Crippen molar-refractivity contribution in [1.82, 2.24) is 15.1 Å². The van der Waals surface area contributed by atoms with E-state index < -0.39 is 5.82 Å². The van der Waals surface area contributed by atoms with Gasteiger partial charge in [-0.25, -0.2) is 4.39 Å². The topological polar surface area (TPSA) is 50.1 Å². The van der Waals surface area contributed by atoms with Crippen molar-refractivity contribution >= 4 is 0 Å². The molecule has 0 aliphatic heterocycles. The van der Waals surface area contributed by atoms with Crippen LogP contribution >= 0.6 is 0 Å². The quantitative estimate of drug-likeness (QED) is 0.869. The van der Waals surface area contributed by atoms with Crippen LogP contribution in [0.2, 0.25) is 0 Å². The van der Waals surface area contributed by atoms with Gasteiger partial charge in [0.2, 0.25) is 0 Å². The third-order valence-electron chi connectivity index (χ3n) is 2.99. The summed E-state index contributed by atoms with van der Waals surface area (Å²) in [5, 5.41) is 16.4. The number of phenolic OH excluding ortho intramolecular Hbond substituents is 1. The Hall–Kier alpha value is -1.88. The average molecular weight is 249 g/mol. The minimum Gasteiger partial charge on any atom is -0.505 e. The molecule has 18 heavy (non-hydrogen) atoms. The zero-order valence-electron chi connectivity index (χ0n) is 10.4. The molecule has 5 heteroatoms. The van der Waals surface area contributed by atoms with Crippen LogP contribution in [-0.2, 0) is 20.1 Å². The molecule has 0 bridgehead atoms. The second-order valence-corrected chi connectivity index (χ2v) is 4.27. The summed E-state index contributed by atoms with van der Waals surface area (Å²) < 4.78 is 14.9. The smallest absolute Gasteiger partial charge is 0.165 e. The molecule has 0 fully saturated rings. The standard InChI is InChI=1S/C13H16FN3O/c1-9-11(8-16-17(9)2)7-15-6-10-3-4-13(18)12(14)5-10/h3-5,8,15,18H,6-7H2,1-2H3. The molecule has 4 nitrogen and oxygen atoms in total. The number of benzene rings is 1. The summed E-state index contributed by atoms with van der Waals surface area (Å²) >= 11 is 0. The molecule has 2 rings (SSSR count). The maximum atomic E-state index is 13.1. The number of aryl methyl sites for hydroxylation is 1. The number of hydrogen-bond donors (Lipinski definition) is 2. The maximum absolute atomic E-state index is 13.1. The first-order valence-corrected chi connectivity index (χ1v) is 5.73. The zero-order valence-corrected chi connectivity index (χ0v) is 10.4. The second-order valence-electron chi connectivity index (χ2n) is 4.27. The highest BCUT2D eigenvalue weighted by Gasteiger charge is 2.04. The van der Waals surface area contributed by atoms with E-state index >= 15 is 0 Å². The number of rotatable bonds is 4. The molecule has 0 unspecified atom stereocenters. The van der Waals surface area contributed by atoms with Crippen LogP contribution in [-0.4, -0.2) is 14.9 Å². The van der Waals surface area contributed by atoms with Crippen molar-refractivity contribution in [3.05, 3.63) is 47.0 Å². The number of nitrogens with one attached hydrogen (secondary N) is 1. The molecule has 0 aliphatic rings. The van der Waals surface area contributed by atoms with Crippen molar-refractivity contribution in [1.29, 1.82) is 0 Å². The number of aromatic hydroxyl groups is 1. The number of hydrogen-bond acceptors (Lipinski definition) is 3. The monoisotopic (exact) mass is 249 g/mol. The van der Waals surface area contributed by atoms with Gasteiger partial charge in [0.1, 0.15) is 0 Å². The van der Waals surface area contributed by atoms with Crippen LogP contribution in [0.5, 0.6) is 5.75 Å². The van der Waals surface area contributed by atoms with Gasteiger partial charge in [0.25, 0.3) is 0 Å². The fourth-order valence-electron chi connectivity index (χ4n) is 1.72. The number of halogens is 1. The first-order valence-electron chi connectivity index (χ1n) is 5.73. The molecular formula is C13H16FN3O. The van der Waals surface area contributed by atoms with E-state index in [0.717, 1.165) is 16.8 Å².